The molecule has 0 N–H and O–H groups in total. The topological polar surface area (TPSA) is 73.3 Å². The van der Waals surface area contributed by atoms with E-state index in [1.165, 1.54) is 11.3 Å². The first-order chi connectivity index (χ1) is 10.3. The summed E-state index contributed by atoms with van der Waals surface area (Å²) >= 11 is 1.52. The van der Waals surface area contributed by atoms with E-state index in [2.05, 4.69) is 32.2 Å². The van der Waals surface area contributed by atoms with Crippen LogP contribution in [0, 0.1) is 6.92 Å². The lowest BCUT2D eigenvalue weighted by atomic mass is 10.3. The van der Waals surface area contributed by atoms with Crippen molar-refractivity contribution in [3.8, 4) is 10.7 Å². The smallest absolute Gasteiger partial charge is 0.235 e. The summed E-state index contributed by atoms with van der Waals surface area (Å²) in [4.78, 5) is 9.56. The second-order valence-corrected chi connectivity index (χ2v) is 5.76. The van der Waals surface area contributed by atoms with Crippen LogP contribution in [0.1, 0.15) is 24.9 Å². The average molecular weight is 299 g/mol. The molecule has 0 radical (unpaired) electrons. The van der Waals surface area contributed by atoms with E-state index in [0.29, 0.717) is 5.78 Å². The molecular weight excluding hydrogens is 286 g/mol. The maximum Gasteiger partial charge on any atom is 0.235 e. The summed E-state index contributed by atoms with van der Waals surface area (Å²) in [6.07, 6.45) is 5.58. The van der Waals surface area contributed by atoms with Crippen molar-refractivity contribution in [2.45, 2.75) is 26.7 Å². The van der Waals surface area contributed by atoms with Gasteiger partial charge in [-0.1, -0.05) is 18.3 Å². The van der Waals surface area contributed by atoms with Gasteiger partial charge in [-0.15, -0.1) is 10.2 Å². The molecule has 0 aromatic carbocycles. The molecule has 0 atom stereocenters. The molecule has 0 spiro atoms. The average Bonchev–Trinajstić information content (AvgIpc) is 3.11. The highest BCUT2D eigenvalue weighted by Gasteiger charge is 2.18. The van der Waals surface area contributed by atoms with Gasteiger partial charge in [-0.05, 0) is 19.4 Å². The van der Waals surface area contributed by atoms with E-state index < -0.39 is 0 Å². The van der Waals surface area contributed by atoms with Crippen LogP contribution < -0.4 is 0 Å². The van der Waals surface area contributed by atoms with Crippen LogP contribution in [-0.4, -0.2) is 34.2 Å². The van der Waals surface area contributed by atoms with E-state index in [9.17, 15) is 0 Å². The molecule has 0 aliphatic heterocycles. The lowest BCUT2D eigenvalue weighted by molar-refractivity contribution is 0.777. The Balaban J connectivity index is 1.94. The van der Waals surface area contributed by atoms with E-state index in [-0.39, 0.29) is 0 Å². The first kappa shape index (κ1) is 12.4. The second-order valence-electron chi connectivity index (χ2n) is 4.80. The lowest BCUT2D eigenvalue weighted by Crippen LogP contribution is -1.96. The number of hydrogen-bond acceptors (Lipinski definition) is 6. The Morgan fingerprint density at radius 1 is 1.29 bits per heavy atom. The van der Waals surface area contributed by atoms with Crippen molar-refractivity contribution >= 4 is 22.1 Å². The normalized spacial score (nSPS) is 11.7. The quantitative estimate of drug-likeness (QED) is 0.579. The van der Waals surface area contributed by atoms with E-state index in [1.54, 1.807) is 6.20 Å². The van der Waals surface area contributed by atoms with Gasteiger partial charge in [0.1, 0.15) is 5.69 Å². The molecule has 0 unspecified atom stereocenters. The monoisotopic (exact) mass is 299 g/mol. The van der Waals surface area contributed by atoms with Crippen LogP contribution >= 0.6 is 11.3 Å². The fraction of sp³-hybridized carbons (Fsp3) is 0.308. The standard InChI is InChI=1S/C13H13N7S/c1-3-5-9-16-17-13-20(9)18-11(21-13)10-8(2)15-12-14-6-4-7-19(10)12/h4,6-7H,3,5H2,1-2H3. The van der Waals surface area contributed by atoms with Gasteiger partial charge in [-0.2, -0.15) is 9.61 Å². The molecule has 0 fully saturated rings. The van der Waals surface area contributed by atoms with Gasteiger partial charge < -0.3 is 0 Å². The Morgan fingerprint density at radius 2 is 2.19 bits per heavy atom. The third kappa shape index (κ3) is 1.83. The molecule has 4 aromatic rings. The van der Waals surface area contributed by atoms with Crippen molar-refractivity contribution in [3.05, 3.63) is 30.0 Å². The fourth-order valence-electron chi connectivity index (χ4n) is 2.39. The molecule has 0 aliphatic rings. The number of aromatic nitrogens is 7. The summed E-state index contributed by atoms with van der Waals surface area (Å²) in [5.41, 5.74) is 1.88. The van der Waals surface area contributed by atoms with E-state index >= 15 is 0 Å². The van der Waals surface area contributed by atoms with Gasteiger partial charge in [0.2, 0.25) is 10.7 Å². The van der Waals surface area contributed by atoms with Crippen LogP contribution in [0.4, 0.5) is 0 Å². The fourth-order valence-corrected chi connectivity index (χ4v) is 3.34. The Hall–Kier alpha value is -2.35. The third-order valence-electron chi connectivity index (χ3n) is 3.31. The molecule has 0 amide bonds. The molecule has 0 saturated carbocycles. The summed E-state index contributed by atoms with van der Waals surface area (Å²) in [5, 5.41) is 13.9. The van der Waals surface area contributed by atoms with E-state index in [1.807, 2.05) is 28.1 Å². The zero-order chi connectivity index (χ0) is 14.4. The number of hydrogen-bond donors (Lipinski definition) is 0. The van der Waals surface area contributed by atoms with Crippen molar-refractivity contribution < 1.29 is 0 Å². The van der Waals surface area contributed by atoms with Crippen LogP contribution in [-0.2, 0) is 6.42 Å². The first-order valence-corrected chi connectivity index (χ1v) is 7.60. The van der Waals surface area contributed by atoms with E-state index in [4.69, 9.17) is 0 Å². The van der Waals surface area contributed by atoms with Crippen molar-refractivity contribution in [2.24, 2.45) is 0 Å². The summed E-state index contributed by atoms with van der Waals surface area (Å²) in [6, 6.07) is 1.89. The van der Waals surface area contributed by atoms with Crippen LogP contribution in [0.2, 0.25) is 0 Å². The molecular formula is C13H13N7S. The van der Waals surface area contributed by atoms with Crippen LogP contribution in [0.3, 0.4) is 0 Å². The van der Waals surface area contributed by atoms with Crippen LogP contribution in [0.25, 0.3) is 21.4 Å². The molecule has 8 heteroatoms. The second kappa shape index (κ2) is 4.59. The molecule has 106 valence electrons. The van der Waals surface area contributed by atoms with Crippen molar-refractivity contribution in [1.29, 1.82) is 0 Å². The highest BCUT2D eigenvalue weighted by atomic mass is 32.1. The zero-order valence-electron chi connectivity index (χ0n) is 11.7. The molecule has 4 rings (SSSR count). The molecule has 4 aromatic heterocycles. The Labute approximate surface area is 124 Å². The predicted molar refractivity (Wildman–Crippen MR) is 79.4 cm³/mol. The molecule has 4 heterocycles. The van der Waals surface area contributed by atoms with Gasteiger partial charge in [-0.25, -0.2) is 9.97 Å². The molecule has 0 bridgehead atoms. The maximum absolute atomic E-state index is 4.67. The minimum Gasteiger partial charge on any atom is -0.281 e. The number of rotatable bonds is 3. The van der Waals surface area contributed by atoms with Crippen molar-refractivity contribution in [1.82, 2.24) is 34.2 Å². The van der Waals surface area contributed by atoms with Gasteiger partial charge >= 0.3 is 0 Å². The van der Waals surface area contributed by atoms with Gasteiger partial charge in [0.05, 0.1) is 5.69 Å². The SMILES string of the molecule is CCCc1nnc2sc(-c3c(C)nc4ncccn34)nn12. The van der Waals surface area contributed by atoms with Crippen molar-refractivity contribution in [2.75, 3.05) is 0 Å². The number of fused-ring (bicyclic) bond motifs is 2. The van der Waals surface area contributed by atoms with Gasteiger partial charge in [0.25, 0.3) is 0 Å². The van der Waals surface area contributed by atoms with E-state index in [0.717, 1.165) is 40.0 Å². The first-order valence-electron chi connectivity index (χ1n) is 6.79. The Bertz CT molecular complexity index is 933. The highest BCUT2D eigenvalue weighted by molar-refractivity contribution is 7.19. The lowest BCUT2D eigenvalue weighted by Gasteiger charge is -1.97. The molecule has 7 nitrogen and oxygen atoms in total. The van der Waals surface area contributed by atoms with Gasteiger partial charge in [-0.3, -0.25) is 4.40 Å². The number of nitrogens with zero attached hydrogens (tertiary/aromatic N) is 7. The summed E-state index contributed by atoms with van der Waals surface area (Å²) in [7, 11) is 0. The maximum atomic E-state index is 4.67. The zero-order valence-corrected chi connectivity index (χ0v) is 12.5. The molecule has 21 heavy (non-hydrogen) atoms. The minimum absolute atomic E-state index is 0.685. The number of imidazole rings is 1. The minimum atomic E-state index is 0.685. The van der Waals surface area contributed by atoms with Crippen LogP contribution in [0.5, 0.6) is 0 Å². The summed E-state index contributed by atoms with van der Waals surface area (Å²) in [6.45, 7) is 4.09. The molecule has 0 saturated heterocycles. The third-order valence-corrected chi connectivity index (χ3v) is 4.22. The summed E-state index contributed by atoms with van der Waals surface area (Å²) in [5.74, 6) is 1.59. The van der Waals surface area contributed by atoms with Gasteiger partial charge in [0.15, 0.2) is 10.8 Å². The Morgan fingerprint density at radius 3 is 3.05 bits per heavy atom. The van der Waals surface area contributed by atoms with Gasteiger partial charge in [0, 0.05) is 18.8 Å². The largest absolute Gasteiger partial charge is 0.281 e. The number of aryl methyl sites for hydroxylation is 2. The predicted octanol–water partition coefficient (Wildman–Crippen LogP) is 2.16. The highest BCUT2D eigenvalue weighted by Crippen LogP contribution is 2.28. The molecule has 0 aliphatic carbocycles. The Kier molecular flexibility index (Phi) is 2.71. The van der Waals surface area contributed by atoms with Crippen molar-refractivity contribution in [3.63, 3.8) is 0 Å². The van der Waals surface area contributed by atoms with Crippen LogP contribution in [0.15, 0.2) is 18.5 Å². The summed E-state index contributed by atoms with van der Waals surface area (Å²) < 4.78 is 3.79.